The van der Waals surface area contributed by atoms with Crippen LogP contribution in [0.25, 0.3) is 0 Å². The van der Waals surface area contributed by atoms with E-state index in [1.807, 2.05) is 12.1 Å². The van der Waals surface area contributed by atoms with E-state index >= 15 is 0 Å². The van der Waals surface area contributed by atoms with E-state index in [0.717, 1.165) is 12.2 Å². The highest BCUT2D eigenvalue weighted by molar-refractivity contribution is 5.41. The maximum atomic E-state index is 6.07. The summed E-state index contributed by atoms with van der Waals surface area (Å²) < 4.78 is 5.31. The number of benzene rings is 2. The van der Waals surface area contributed by atoms with E-state index in [0.29, 0.717) is 12.5 Å². The van der Waals surface area contributed by atoms with Crippen LogP contribution in [0.15, 0.2) is 36.4 Å². The van der Waals surface area contributed by atoms with Crippen LogP contribution in [0.5, 0.6) is 5.75 Å². The fraction of sp³-hybridized carbons (Fsp3) is 0.368. The first-order valence-electron chi connectivity index (χ1n) is 7.46. The van der Waals surface area contributed by atoms with Gasteiger partial charge in [0, 0.05) is 5.92 Å². The summed E-state index contributed by atoms with van der Waals surface area (Å²) in [7, 11) is 1.70. The number of ether oxygens (including phenoxy) is 1. The minimum Gasteiger partial charge on any atom is -0.497 e. The first-order chi connectivity index (χ1) is 10.0. The average Bonchev–Trinajstić information content (AvgIpc) is 2.45. The van der Waals surface area contributed by atoms with Crippen molar-refractivity contribution in [1.82, 2.24) is 0 Å². The largest absolute Gasteiger partial charge is 0.497 e. The van der Waals surface area contributed by atoms with Gasteiger partial charge in [-0.25, -0.2) is 0 Å². The predicted octanol–water partition coefficient (Wildman–Crippen LogP) is 3.91. The highest BCUT2D eigenvalue weighted by atomic mass is 16.5. The molecule has 0 aromatic heterocycles. The molecule has 112 valence electrons. The lowest BCUT2D eigenvalue weighted by Crippen LogP contribution is -2.17. The molecule has 2 aromatic carbocycles. The molecule has 0 aliphatic rings. The smallest absolute Gasteiger partial charge is 0.119 e. The van der Waals surface area contributed by atoms with Gasteiger partial charge in [0.1, 0.15) is 5.75 Å². The minimum atomic E-state index is 0.345. The Morgan fingerprint density at radius 1 is 1.05 bits per heavy atom. The Kier molecular flexibility index (Phi) is 5.03. The molecule has 0 radical (unpaired) electrons. The number of rotatable bonds is 5. The van der Waals surface area contributed by atoms with Crippen LogP contribution >= 0.6 is 0 Å². The number of aryl methyl sites for hydroxylation is 3. The summed E-state index contributed by atoms with van der Waals surface area (Å²) >= 11 is 0. The zero-order valence-corrected chi connectivity index (χ0v) is 13.4. The Morgan fingerprint density at radius 3 is 2.29 bits per heavy atom. The Hall–Kier alpha value is -1.80. The van der Waals surface area contributed by atoms with Crippen molar-refractivity contribution in [3.8, 4) is 5.75 Å². The van der Waals surface area contributed by atoms with Gasteiger partial charge in [-0.2, -0.15) is 0 Å². The standard InChI is InChI=1S/C19H25NO/c1-13-8-14(2)19(15(3)9-13)17(12-20)10-16-6-5-7-18(11-16)21-4/h5-9,11,17H,10,12,20H2,1-4H3. The summed E-state index contributed by atoms with van der Waals surface area (Å²) in [4.78, 5) is 0. The van der Waals surface area contributed by atoms with E-state index in [4.69, 9.17) is 10.5 Å². The lowest BCUT2D eigenvalue weighted by atomic mass is 9.85. The Bertz CT molecular complexity index is 596. The molecule has 0 amide bonds. The maximum Gasteiger partial charge on any atom is 0.119 e. The van der Waals surface area contributed by atoms with Crippen LogP contribution in [0.4, 0.5) is 0 Å². The van der Waals surface area contributed by atoms with Crippen LogP contribution < -0.4 is 10.5 Å². The molecule has 0 fully saturated rings. The molecule has 0 saturated carbocycles. The average molecular weight is 283 g/mol. The highest BCUT2D eigenvalue weighted by Crippen LogP contribution is 2.28. The molecule has 0 aliphatic carbocycles. The first kappa shape index (κ1) is 15.6. The van der Waals surface area contributed by atoms with E-state index in [9.17, 15) is 0 Å². The van der Waals surface area contributed by atoms with E-state index in [-0.39, 0.29) is 0 Å². The monoisotopic (exact) mass is 283 g/mol. The van der Waals surface area contributed by atoms with Crippen molar-refractivity contribution in [2.45, 2.75) is 33.1 Å². The van der Waals surface area contributed by atoms with E-state index in [1.165, 1.54) is 27.8 Å². The second-order valence-corrected chi connectivity index (χ2v) is 5.80. The van der Waals surface area contributed by atoms with Gasteiger partial charge in [0.2, 0.25) is 0 Å². The molecule has 1 unspecified atom stereocenters. The quantitative estimate of drug-likeness (QED) is 0.903. The van der Waals surface area contributed by atoms with Crippen molar-refractivity contribution >= 4 is 0 Å². The lowest BCUT2D eigenvalue weighted by Gasteiger charge is -2.21. The third-order valence-corrected chi connectivity index (χ3v) is 4.05. The number of methoxy groups -OCH3 is 1. The van der Waals surface area contributed by atoms with Gasteiger partial charge in [0.15, 0.2) is 0 Å². The van der Waals surface area contributed by atoms with Gasteiger partial charge in [-0.1, -0.05) is 29.8 Å². The van der Waals surface area contributed by atoms with Gasteiger partial charge in [-0.05, 0) is 68.1 Å². The number of hydrogen-bond acceptors (Lipinski definition) is 2. The van der Waals surface area contributed by atoms with E-state index < -0.39 is 0 Å². The molecule has 0 heterocycles. The summed E-state index contributed by atoms with van der Waals surface area (Å²) in [6, 6.07) is 12.7. The lowest BCUT2D eigenvalue weighted by molar-refractivity contribution is 0.414. The molecule has 0 spiro atoms. The predicted molar refractivity (Wildman–Crippen MR) is 89.1 cm³/mol. The Labute approximate surface area is 127 Å². The first-order valence-corrected chi connectivity index (χ1v) is 7.46. The van der Waals surface area contributed by atoms with E-state index in [2.05, 4.69) is 45.0 Å². The fourth-order valence-corrected chi connectivity index (χ4v) is 3.22. The second kappa shape index (κ2) is 6.77. The summed E-state index contributed by atoms with van der Waals surface area (Å²) in [5.74, 6) is 1.25. The van der Waals surface area contributed by atoms with Crippen molar-refractivity contribution in [3.63, 3.8) is 0 Å². The Balaban J connectivity index is 2.32. The third-order valence-electron chi connectivity index (χ3n) is 4.05. The van der Waals surface area contributed by atoms with Crippen LogP contribution in [0, 0.1) is 20.8 Å². The molecule has 0 bridgehead atoms. The molecule has 21 heavy (non-hydrogen) atoms. The van der Waals surface area contributed by atoms with Crippen LogP contribution in [0.1, 0.15) is 33.7 Å². The van der Waals surface area contributed by atoms with Gasteiger partial charge in [-0.15, -0.1) is 0 Å². The second-order valence-electron chi connectivity index (χ2n) is 5.80. The van der Waals surface area contributed by atoms with Crippen molar-refractivity contribution < 1.29 is 4.74 Å². The van der Waals surface area contributed by atoms with Crippen molar-refractivity contribution in [2.24, 2.45) is 5.73 Å². The normalized spacial score (nSPS) is 12.2. The van der Waals surface area contributed by atoms with Gasteiger partial charge in [0.25, 0.3) is 0 Å². The molecular formula is C19H25NO. The van der Waals surface area contributed by atoms with Crippen LogP contribution in [0.2, 0.25) is 0 Å². The molecule has 1 atom stereocenters. The third kappa shape index (κ3) is 3.64. The molecular weight excluding hydrogens is 258 g/mol. The van der Waals surface area contributed by atoms with Crippen LogP contribution in [-0.4, -0.2) is 13.7 Å². The van der Waals surface area contributed by atoms with Gasteiger partial charge in [0.05, 0.1) is 7.11 Å². The number of nitrogens with two attached hydrogens (primary N) is 1. The molecule has 2 rings (SSSR count). The summed E-state index contributed by atoms with van der Waals surface area (Å²) in [5, 5.41) is 0. The summed E-state index contributed by atoms with van der Waals surface area (Å²) in [5.41, 5.74) is 12.7. The van der Waals surface area contributed by atoms with Crippen LogP contribution in [-0.2, 0) is 6.42 Å². The molecule has 0 aliphatic heterocycles. The fourth-order valence-electron chi connectivity index (χ4n) is 3.22. The molecule has 0 saturated heterocycles. The topological polar surface area (TPSA) is 35.2 Å². The summed E-state index contributed by atoms with van der Waals surface area (Å²) in [6.07, 6.45) is 0.943. The van der Waals surface area contributed by atoms with Crippen molar-refractivity contribution in [3.05, 3.63) is 64.2 Å². The molecule has 2 nitrogen and oxygen atoms in total. The van der Waals surface area contributed by atoms with Crippen molar-refractivity contribution in [2.75, 3.05) is 13.7 Å². The Morgan fingerprint density at radius 2 is 1.71 bits per heavy atom. The van der Waals surface area contributed by atoms with Gasteiger partial charge < -0.3 is 10.5 Å². The van der Waals surface area contributed by atoms with Crippen molar-refractivity contribution in [1.29, 1.82) is 0 Å². The zero-order valence-electron chi connectivity index (χ0n) is 13.4. The van der Waals surface area contributed by atoms with Crippen LogP contribution in [0.3, 0.4) is 0 Å². The van der Waals surface area contributed by atoms with E-state index in [1.54, 1.807) is 7.11 Å². The SMILES string of the molecule is COc1cccc(CC(CN)c2c(C)cc(C)cc2C)c1. The molecule has 2 aromatic rings. The number of hydrogen-bond donors (Lipinski definition) is 1. The highest BCUT2D eigenvalue weighted by Gasteiger charge is 2.16. The zero-order chi connectivity index (χ0) is 15.4. The maximum absolute atomic E-state index is 6.07. The molecule has 2 heteroatoms. The summed E-state index contributed by atoms with van der Waals surface area (Å²) in [6.45, 7) is 7.17. The minimum absolute atomic E-state index is 0.345. The van der Waals surface area contributed by atoms with Gasteiger partial charge >= 0.3 is 0 Å². The van der Waals surface area contributed by atoms with Gasteiger partial charge in [-0.3, -0.25) is 0 Å². The molecule has 2 N–H and O–H groups in total.